The van der Waals surface area contributed by atoms with Crippen LogP contribution >= 0.6 is 0 Å². The van der Waals surface area contributed by atoms with Crippen molar-refractivity contribution in [3.05, 3.63) is 70.8 Å². The van der Waals surface area contributed by atoms with Gasteiger partial charge < -0.3 is 5.11 Å². The first kappa shape index (κ1) is 12.1. The zero-order valence-electron chi connectivity index (χ0n) is 10.1. The maximum Gasteiger partial charge on any atom is 0.335 e. The van der Waals surface area contributed by atoms with E-state index >= 15 is 0 Å². The van der Waals surface area contributed by atoms with E-state index in [1.54, 1.807) is 24.3 Å². The van der Waals surface area contributed by atoms with E-state index in [-0.39, 0.29) is 0 Å². The summed E-state index contributed by atoms with van der Waals surface area (Å²) in [5.41, 5.74) is 3.68. The van der Waals surface area contributed by atoms with Crippen molar-refractivity contribution in [2.75, 3.05) is 0 Å². The van der Waals surface area contributed by atoms with Gasteiger partial charge in [0.25, 0.3) is 0 Å². The van der Waals surface area contributed by atoms with Gasteiger partial charge in [0.15, 0.2) is 0 Å². The predicted octanol–water partition coefficient (Wildman–Crippen LogP) is 3.86. The second-order valence-electron chi connectivity index (χ2n) is 4.12. The lowest BCUT2D eigenvalue weighted by molar-refractivity contribution is 0.0697. The number of carboxylic acid groups (broad SMARTS) is 1. The lowest BCUT2D eigenvalue weighted by Crippen LogP contribution is -1.94. The molecule has 2 heteroatoms. The van der Waals surface area contributed by atoms with Crippen molar-refractivity contribution >= 4 is 18.1 Å². The van der Waals surface area contributed by atoms with Crippen LogP contribution in [0.1, 0.15) is 27.0 Å². The molecule has 0 radical (unpaired) electrons. The summed E-state index contributed by atoms with van der Waals surface area (Å²) in [6.07, 6.45) is 4.01. The monoisotopic (exact) mass is 238 g/mol. The van der Waals surface area contributed by atoms with Crippen LogP contribution in [0.25, 0.3) is 12.2 Å². The van der Waals surface area contributed by atoms with E-state index in [1.165, 1.54) is 11.1 Å². The van der Waals surface area contributed by atoms with Gasteiger partial charge in [-0.1, -0.05) is 48.6 Å². The highest BCUT2D eigenvalue weighted by atomic mass is 16.4. The molecule has 1 N–H and O–H groups in total. The van der Waals surface area contributed by atoms with Gasteiger partial charge >= 0.3 is 5.97 Å². The van der Waals surface area contributed by atoms with Crippen LogP contribution in [0, 0.1) is 6.92 Å². The topological polar surface area (TPSA) is 37.3 Å². The van der Waals surface area contributed by atoms with Gasteiger partial charge in [-0.05, 0) is 35.7 Å². The van der Waals surface area contributed by atoms with Gasteiger partial charge in [-0.2, -0.15) is 0 Å². The van der Waals surface area contributed by atoms with Crippen molar-refractivity contribution in [2.45, 2.75) is 6.92 Å². The molecule has 0 saturated heterocycles. The molecule has 2 aromatic rings. The third-order valence-electron chi connectivity index (χ3n) is 2.80. The molecule has 0 heterocycles. The van der Waals surface area contributed by atoms with Gasteiger partial charge in [-0.15, -0.1) is 0 Å². The molecule has 2 rings (SSSR count). The van der Waals surface area contributed by atoms with Gasteiger partial charge in [-0.25, -0.2) is 4.79 Å². The Hall–Kier alpha value is -2.35. The Morgan fingerprint density at radius 2 is 1.67 bits per heavy atom. The van der Waals surface area contributed by atoms with E-state index in [1.807, 2.05) is 24.3 Å². The molecule has 0 atom stereocenters. The SMILES string of the molecule is Cc1ccccc1/C=C/c1ccc(C(=O)O)cc1. The maximum absolute atomic E-state index is 10.7. The van der Waals surface area contributed by atoms with Gasteiger partial charge in [0.05, 0.1) is 5.56 Å². The summed E-state index contributed by atoms with van der Waals surface area (Å²) in [5.74, 6) is -0.899. The molecule has 0 aliphatic carbocycles. The number of benzene rings is 2. The Balaban J connectivity index is 2.19. The third-order valence-corrected chi connectivity index (χ3v) is 2.80. The van der Waals surface area contributed by atoms with E-state index in [2.05, 4.69) is 19.1 Å². The van der Waals surface area contributed by atoms with Crippen LogP contribution in [0.2, 0.25) is 0 Å². The van der Waals surface area contributed by atoms with Gasteiger partial charge in [0.2, 0.25) is 0 Å². The number of aromatic carboxylic acids is 1. The predicted molar refractivity (Wildman–Crippen MR) is 73.5 cm³/mol. The summed E-state index contributed by atoms with van der Waals surface area (Å²) in [4.78, 5) is 10.7. The summed E-state index contributed by atoms with van der Waals surface area (Å²) in [6.45, 7) is 2.06. The van der Waals surface area contributed by atoms with Gasteiger partial charge in [0.1, 0.15) is 0 Å². The van der Waals surface area contributed by atoms with Crippen molar-refractivity contribution in [1.29, 1.82) is 0 Å². The Morgan fingerprint density at radius 1 is 1.00 bits per heavy atom. The number of rotatable bonds is 3. The Labute approximate surface area is 106 Å². The number of carboxylic acids is 1. The number of aryl methyl sites for hydroxylation is 1. The third kappa shape index (κ3) is 2.86. The second kappa shape index (κ2) is 5.32. The van der Waals surface area contributed by atoms with E-state index in [0.717, 1.165) is 5.56 Å². The quantitative estimate of drug-likeness (QED) is 0.824. The molecule has 0 aromatic heterocycles. The number of hydrogen-bond donors (Lipinski definition) is 1. The summed E-state index contributed by atoms with van der Waals surface area (Å²) in [5, 5.41) is 8.80. The first-order chi connectivity index (χ1) is 8.66. The molecule has 0 aliphatic heterocycles. The zero-order chi connectivity index (χ0) is 13.0. The molecular weight excluding hydrogens is 224 g/mol. The van der Waals surface area contributed by atoms with Gasteiger partial charge in [-0.3, -0.25) is 0 Å². The Morgan fingerprint density at radius 3 is 2.28 bits per heavy atom. The van der Waals surface area contributed by atoms with E-state index in [0.29, 0.717) is 5.56 Å². The molecular formula is C16H14O2. The largest absolute Gasteiger partial charge is 0.478 e. The minimum atomic E-state index is -0.899. The molecule has 90 valence electrons. The first-order valence-electron chi connectivity index (χ1n) is 5.74. The average Bonchev–Trinajstić information content (AvgIpc) is 2.38. The fourth-order valence-electron chi connectivity index (χ4n) is 1.70. The molecule has 0 unspecified atom stereocenters. The lowest BCUT2D eigenvalue weighted by Gasteiger charge is -1.99. The van der Waals surface area contributed by atoms with E-state index in [9.17, 15) is 4.79 Å². The normalized spacial score (nSPS) is 10.7. The van der Waals surface area contributed by atoms with Crippen LogP contribution in [0.4, 0.5) is 0 Å². The van der Waals surface area contributed by atoms with Crippen molar-refractivity contribution in [3.63, 3.8) is 0 Å². The van der Waals surface area contributed by atoms with Crippen LogP contribution < -0.4 is 0 Å². The highest BCUT2D eigenvalue weighted by Crippen LogP contribution is 2.12. The van der Waals surface area contributed by atoms with Crippen molar-refractivity contribution < 1.29 is 9.90 Å². The summed E-state index contributed by atoms with van der Waals surface area (Å²) in [7, 11) is 0. The van der Waals surface area contributed by atoms with Crippen LogP contribution in [0.15, 0.2) is 48.5 Å². The van der Waals surface area contributed by atoms with Crippen molar-refractivity contribution in [1.82, 2.24) is 0 Å². The van der Waals surface area contributed by atoms with Gasteiger partial charge in [0, 0.05) is 0 Å². The molecule has 0 bridgehead atoms. The molecule has 0 fully saturated rings. The second-order valence-corrected chi connectivity index (χ2v) is 4.12. The molecule has 0 spiro atoms. The zero-order valence-corrected chi connectivity index (χ0v) is 10.1. The summed E-state index contributed by atoms with van der Waals surface area (Å²) in [6, 6.07) is 15.0. The minimum Gasteiger partial charge on any atom is -0.478 e. The number of hydrogen-bond acceptors (Lipinski definition) is 1. The summed E-state index contributed by atoms with van der Waals surface area (Å²) >= 11 is 0. The fraction of sp³-hybridized carbons (Fsp3) is 0.0625. The molecule has 2 aromatic carbocycles. The van der Waals surface area contributed by atoms with Crippen LogP contribution in [-0.2, 0) is 0 Å². The Bertz CT molecular complexity index is 580. The summed E-state index contributed by atoms with van der Waals surface area (Å²) < 4.78 is 0. The smallest absolute Gasteiger partial charge is 0.335 e. The maximum atomic E-state index is 10.7. The van der Waals surface area contributed by atoms with Crippen molar-refractivity contribution in [3.8, 4) is 0 Å². The minimum absolute atomic E-state index is 0.308. The average molecular weight is 238 g/mol. The standard InChI is InChI=1S/C16H14O2/c1-12-4-2-3-5-14(12)9-6-13-7-10-15(11-8-13)16(17)18/h2-11H,1H3,(H,17,18)/b9-6+. The Kier molecular flexibility index (Phi) is 3.58. The molecule has 0 saturated carbocycles. The van der Waals surface area contributed by atoms with Crippen LogP contribution in [-0.4, -0.2) is 11.1 Å². The molecule has 0 aliphatic rings. The first-order valence-corrected chi connectivity index (χ1v) is 5.74. The van der Waals surface area contributed by atoms with E-state index in [4.69, 9.17) is 5.11 Å². The lowest BCUT2D eigenvalue weighted by atomic mass is 10.1. The highest BCUT2D eigenvalue weighted by Gasteiger charge is 2.00. The molecule has 2 nitrogen and oxygen atoms in total. The van der Waals surface area contributed by atoms with Crippen molar-refractivity contribution in [2.24, 2.45) is 0 Å². The number of carbonyl (C=O) groups is 1. The fourth-order valence-corrected chi connectivity index (χ4v) is 1.70. The van der Waals surface area contributed by atoms with Crippen LogP contribution in [0.3, 0.4) is 0 Å². The van der Waals surface area contributed by atoms with Crippen LogP contribution in [0.5, 0.6) is 0 Å². The highest BCUT2D eigenvalue weighted by molar-refractivity contribution is 5.88. The molecule has 18 heavy (non-hydrogen) atoms. The van der Waals surface area contributed by atoms with E-state index < -0.39 is 5.97 Å². The molecule has 0 amide bonds.